The zero-order chi connectivity index (χ0) is 13.8. The third-order valence-electron chi connectivity index (χ3n) is 4.77. The third kappa shape index (κ3) is 4.96. The fourth-order valence-corrected chi connectivity index (χ4v) is 3.30. The minimum absolute atomic E-state index is 0. The first kappa shape index (κ1) is 17.3. The molecule has 3 fully saturated rings. The monoisotopic (exact) mass is 408 g/mol. The van der Waals surface area contributed by atoms with Crippen LogP contribution in [0.25, 0.3) is 0 Å². The van der Waals surface area contributed by atoms with E-state index in [1.165, 1.54) is 25.7 Å². The maximum absolute atomic E-state index is 5.44. The van der Waals surface area contributed by atoms with Crippen molar-refractivity contribution in [1.29, 1.82) is 0 Å². The highest BCUT2D eigenvalue weighted by molar-refractivity contribution is 14.0. The van der Waals surface area contributed by atoms with Gasteiger partial charge in [0.2, 0.25) is 0 Å². The topological polar surface area (TPSA) is 40.1 Å². The Hall–Kier alpha value is -0.0800. The molecule has 0 spiro atoms. The van der Waals surface area contributed by atoms with Gasteiger partial charge in [-0.05, 0) is 18.8 Å². The first-order chi connectivity index (χ1) is 9.86. The predicted molar refractivity (Wildman–Crippen MR) is 96.5 cm³/mol. The van der Waals surface area contributed by atoms with Crippen LogP contribution in [0, 0.1) is 5.92 Å². The fourth-order valence-electron chi connectivity index (χ4n) is 3.30. The van der Waals surface area contributed by atoms with Gasteiger partial charge in [0.25, 0.3) is 0 Å². The Balaban J connectivity index is 0.00000161. The number of hydrogen-bond acceptors (Lipinski definition) is 3. The van der Waals surface area contributed by atoms with Crippen LogP contribution in [-0.4, -0.2) is 74.8 Å². The third-order valence-corrected chi connectivity index (χ3v) is 4.77. The maximum atomic E-state index is 5.44. The molecule has 0 aromatic heterocycles. The summed E-state index contributed by atoms with van der Waals surface area (Å²) in [5, 5.41) is 3.54. The number of aliphatic imine (C=N–C) groups is 1. The minimum atomic E-state index is 0. The Kier molecular flexibility index (Phi) is 7.01. The summed E-state index contributed by atoms with van der Waals surface area (Å²) in [4.78, 5) is 9.46. The van der Waals surface area contributed by atoms with Crippen molar-refractivity contribution in [3.8, 4) is 0 Å². The fraction of sp³-hybridized carbons (Fsp3) is 0.933. The molecule has 122 valence electrons. The number of rotatable bonds is 4. The molecule has 3 rings (SSSR count). The van der Waals surface area contributed by atoms with E-state index >= 15 is 0 Å². The second-order valence-electron chi connectivity index (χ2n) is 6.24. The van der Waals surface area contributed by atoms with E-state index < -0.39 is 0 Å². The normalized spacial score (nSPS) is 27.6. The highest BCUT2D eigenvalue weighted by Gasteiger charge is 2.30. The lowest BCUT2D eigenvalue weighted by Gasteiger charge is -2.32. The largest absolute Gasteiger partial charge is 0.379 e. The lowest BCUT2D eigenvalue weighted by Crippen LogP contribution is -2.46. The summed E-state index contributed by atoms with van der Waals surface area (Å²) in [6.45, 7) is 7.29. The van der Waals surface area contributed by atoms with Gasteiger partial charge >= 0.3 is 0 Å². The molecule has 1 unspecified atom stereocenters. The van der Waals surface area contributed by atoms with Crippen molar-refractivity contribution in [2.24, 2.45) is 10.9 Å². The van der Waals surface area contributed by atoms with Gasteiger partial charge in [0.05, 0.1) is 13.2 Å². The summed E-state index contributed by atoms with van der Waals surface area (Å²) in [7, 11) is 1.90. The standard InChI is InChI=1S/C15H28N4O.HI/c1-16-15(17-6-4-13-2-3-13)19-7-5-14(12-19)18-8-10-20-11-9-18;/h13-14H,2-12H2,1H3,(H,16,17);1H. The zero-order valence-electron chi connectivity index (χ0n) is 13.1. The van der Waals surface area contributed by atoms with Crippen molar-refractivity contribution in [3.05, 3.63) is 0 Å². The summed E-state index contributed by atoms with van der Waals surface area (Å²) < 4.78 is 5.44. The van der Waals surface area contributed by atoms with Crippen molar-refractivity contribution >= 4 is 29.9 Å². The Morgan fingerprint density at radius 2 is 1.95 bits per heavy atom. The van der Waals surface area contributed by atoms with Gasteiger partial charge in [0, 0.05) is 45.8 Å². The smallest absolute Gasteiger partial charge is 0.193 e. The van der Waals surface area contributed by atoms with Crippen molar-refractivity contribution in [3.63, 3.8) is 0 Å². The molecule has 0 radical (unpaired) electrons. The molecule has 6 heteroatoms. The zero-order valence-corrected chi connectivity index (χ0v) is 15.4. The number of morpholine rings is 1. The van der Waals surface area contributed by atoms with Crippen LogP contribution in [0.2, 0.25) is 0 Å². The van der Waals surface area contributed by atoms with E-state index in [4.69, 9.17) is 4.74 Å². The first-order valence-electron chi connectivity index (χ1n) is 8.14. The van der Waals surface area contributed by atoms with Crippen molar-refractivity contribution in [1.82, 2.24) is 15.1 Å². The highest BCUT2D eigenvalue weighted by Crippen LogP contribution is 2.31. The summed E-state index contributed by atoms with van der Waals surface area (Å²) in [6, 6.07) is 0.681. The van der Waals surface area contributed by atoms with Gasteiger partial charge in [-0.25, -0.2) is 0 Å². The molecule has 1 N–H and O–H groups in total. The average Bonchev–Trinajstić information content (AvgIpc) is 3.19. The van der Waals surface area contributed by atoms with Crippen LogP contribution in [0.15, 0.2) is 4.99 Å². The number of guanidine groups is 1. The molecule has 0 bridgehead atoms. The summed E-state index contributed by atoms with van der Waals surface area (Å²) in [5.74, 6) is 2.08. The van der Waals surface area contributed by atoms with Crippen molar-refractivity contribution in [2.45, 2.75) is 31.7 Å². The summed E-state index contributed by atoms with van der Waals surface area (Å²) >= 11 is 0. The molecule has 2 saturated heterocycles. The SMILES string of the molecule is CN=C(NCCC1CC1)N1CCC(N2CCOCC2)C1.I. The number of nitrogens with zero attached hydrogens (tertiary/aromatic N) is 3. The van der Waals surface area contributed by atoms with Gasteiger partial charge in [-0.2, -0.15) is 0 Å². The second kappa shape index (κ2) is 8.53. The van der Waals surface area contributed by atoms with Gasteiger partial charge in [-0.15, -0.1) is 24.0 Å². The number of ether oxygens (including phenoxy) is 1. The van der Waals surface area contributed by atoms with Crippen LogP contribution in [0.3, 0.4) is 0 Å². The Morgan fingerprint density at radius 3 is 2.62 bits per heavy atom. The molecule has 3 aliphatic rings. The van der Waals surface area contributed by atoms with E-state index in [1.807, 2.05) is 7.05 Å². The van der Waals surface area contributed by atoms with Crippen LogP contribution >= 0.6 is 24.0 Å². The van der Waals surface area contributed by atoms with Gasteiger partial charge in [0.1, 0.15) is 0 Å². The highest BCUT2D eigenvalue weighted by atomic mass is 127. The number of nitrogens with one attached hydrogen (secondary N) is 1. The van der Waals surface area contributed by atoms with Crippen LogP contribution in [-0.2, 0) is 4.74 Å². The van der Waals surface area contributed by atoms with E-state index in [9.17, 15) is 0 Å². The van der Waals surface area contributed by atoms with Crippen LogP contribution in [0.5, 0.6) is 0 Å². The van der Waals surface area contributed by atoms with Gasteiger partial charge < -0.3 is 15.0 Å². The molecule has 1 aliphatic carbocycles. The van der Waals surface area contributed by atoms with Gasteiger partial charge in [-0.1, -0.05) is 12.8 Å². The van der Waals surface area contributed by atoms with E-state index in [-0.39, 0.29) is 24.0 Å². The first-order valence-corrected chi connectivity index (χ1v) is 8.14. The quantitative estimate of drug-likeness (QED) is 0.434. The van der Waals surface area contributed by atoms with E-state index in [2.05, 4.69) is 20.1 Å². The minimum Gasteiger partial charge on any atom is -0.379 e. The molecule has 1 saturated carbocycles. The molecule has 21 heavy (non-hydrogen) atoms. The Bertz CT molecular complexity index is 343. The lowest BCUT2D eigenvalue weighted by atomic mass is 10.2. The average molecular weight is 408 g/mol. The molecule has 2 heterocycles. The Morgan fingerprint density at radius 1 is 1.19 bits per heavy atom. The molecule has 1 atom stereocenters. The number of hydrogen-bond donors (Lipinski definition) is 1. The summed E-state index contributed by atoms with van der Waals surface area (Å²) in [5.41, 5.74) is 0. The lowest BCUT2D eigenvalue weighted by molar-refractivity contribution is 0.0195. The van der Waals surface area contributed by atoms with Crippen LogP contribution in [0.1, 0.15) is 25.7 Å². The van der Waals surface area contributed by atoms with Crippen LogP contribution in [0.4, 0.5) is 0 Å². The number of likely N-dealkylation sites (tertiary alicyclic amines) is 1. The molecular weight excluding hydrogens is 379 g/mol. The second-order valence-corrected chi connectivity index (χ2v) is 6.24. The van der Waals surface area contributed by atoms with E-state index in [0.29, 0.717) is 6.04 Å². The molecule has 0 aromatic carbocycles. The number of halogens is 1. The van der Waals surface area contributed by atoms with Gasteiger partial charge in [-0.3, -0.25) is 9.89 Å². The van der Waals surface area contributed by atoms with E-state index in [0.717, 1.165) is 57.8 Å². The van der Waals surface area contributed by atoms with Crippen LogP contribution < -0.4 is 5.32 Å². The molecule has 0 amide bonds. The van der Waals surface area contributed by atoms with Crippen molar-refractivity contribution < 1.29 is 4.74 Å². The molecular formula is C15H29IN4O. The van der Waals surface area contributed by atoms with Crippen molar-refractivity contribution in [2.75, 3.05) is 53.0 Å². The van der Waals surface area contributed by atoms with Gasteiger partial charge in [0.15, 0.2) is 5.96 Å². The Labute approximate surface area is 145 Å². The molecule has 2 aliphatic heterocycles. The summed E-state index contributed by atoms with van der Waals surface area (Å²) in [6.07, 6.45) is 5.43. The molecule has 5 nitrogen and oxygen atoms in total. The maximum Gasteiger partial charge on any atom is 0.193 e. The molecule has 0 aromatic rings. The van der Waals surface area contributed by atoms with E-state index in [1.54, 1.807) is 0 Å². The predicted octanol–water partition coefficient (Wildman–Crippen LogP) is 1.39.